The van der Waals surface area contributed by atoms with Gasteiger partial charge in [0.25, 0.3) is 5.69 Å². The summed E-state index contributed by atoms with van der Waals surface area (Å²) in [6.07, 6.45) is 3.55. The SMILES string of the molecule is COc1ccc(C(=O)OCc2ccc([N+](=O)[O-])cc2)cc1S(=O)(=O)N1CCCCCC1. The molecule has 9 nitrogen and oxygen atoms in total. The van der Waals surface area contributed by atoms with Gasteiger partial charge < -0.3 is 9.47 Å². The van der Waals surface area contributed by atoms with Gasteiger partial charge in [-0.15, -0.1) is 0 Å². The Morgan fingerprint density at radius 2 is 1.71 bits per heavy atom. The van der Waals surface area contributed by atoms with E-state index in [0.29, 0.717) is 18.7 Å². The molecule has 0 amide bonds. The number of hydrogen-bond donors (Lipinski definition) is 0. The monoisotopic (exact) mass is 448 g/mol. The van der Waals surface area contributed by atoms with Crippen LogP contribution in [0.1, 0.15) is 41.6 Å². The van der Waals surface area contributed by atoms with Gasteiger partial charge in [-0.1, -0.05) is 12.8 Å². The number of non-ortho nitro benzene ring substituents is 1. The highest BCUT2D eigenvalue weighted by atomic mass is 32.2. The van der Waals surface area contributed by atoms with E-state index in [1.54, 1.807) is 0 Å². The lowest BCUT2D eigenvalue weighted by Gasteiger charge is -2.21. The average molecular weight is 448 g/mol. The molecule has 2 aromatic carbocycles. The lowest BCUT2D eigenvalue weighted by Crippen LogP contribution is -2.32. The maximum Gasteiger partial charge on any atom is 0.338 e. The second-order valence-corrected chi connectivity index (χ2v) is 9.09. The zero-order valence-corrected chi connectivity index (χ0v) is 18.0. The number of rotatable bonds is 7. The Labute approximate surface area is 180 Å². The summed E-state index contributed by atoms with van der Waals surface area (Å²) in [6.45, 7) is 0.762. The Morgan fingerprint density at radius 1 is 1.06 bits per heavy atom. The number of esters is 1. The molecule has 1 aliphatic heterocycles. The van der Waals surface area contributed by atoms with Gasteiger partial charge in [0.15, 0.2) is 0 Å². The van der Waals surface area contributed by atoms with Gasteiger partial charge in [-0.3, -0.25) is 10.1 Å². The van der Waals surface area contributed by atoms with Crippen LogP contribution >= 0.6 is 0 Å². The first-order valence-electron chi connectivity index (χ1n) is 9.91. The Hall–Kier alpha value is -2.98. The smallest absolute Gasteiger partial charge is 0.338 e. The van der Waals surface area contributed by atoms with Crippen LogP contribution in [0.3, 0.4) is 0 Å². The summed E-state index contributed by atoms with van der Waals surface area (Å²) in [5, 5.41) is 10.7. The van der Waals surface area contributed by atoms with E-state index in [2.05, 4.69) is 0 Å². The van der Waals surface area contributed by atoms with Crippen LogP contribution in [-0.2, 0) is 21.4 Å². The average Bonchev–Trinajstić information content (AvgIpc) is 3.07. The predicted molar refractivity (Wildman–Crippen MR) is 112 cm³/mol. The second-order valence-electron chi connectivity index (χ2n) is 7.18. The van der Waals surface area contributed by atoms with Gasteiger partial charge in [0.1, 0.15) is 17.3 Å². The van der Waals surface area contributed by atoms with Crippen molar-refractivity contribution in [3.63, 3.8) is 0 Å². The summed E-state index contributed by atoms with van der Waals surface area (Å²) in [6, 6.07) is 9.79. The van der Waals surface area contributed by atoms with Crippen molar-refractivity contribution in [3.8, 4) is 5.75 Å². The van der Waals surface area contributed by atoms with E-state index in [4.69, 9.17) is 9.47 Å². The number of carbonyl (C=O) groups is 1. The number of nitro benzene ring substituents is 1. The zero-order chi connectivity index (χ0) is 22.4. The van der Waals surface area contributed by atoms with Crippen molar-refractivity contribution in [3.05, 3.63) is 63.7 Å². The molecular weight excluding hydrogens is 424 g/mol. The summed E-state index contributed by atoms with van der Waals surface area (Å²) < 4.78 is 38.3. The number of sulfonamides is 1. The molecule has 0 radical (unpaired) electrons. The Morgan fingerprint density at radius 3 is 2.29 bits per heavy atom. The van der Waals surface area contributed by atoms with E-state index < -0.39 is 20.9 Å². The molecule has 0 aliphatic carbocycles. The van der Waals surface area contributed by atoms with Gasteiger partial charge in [-0.05, 0) is 48.7 Å². The molecule has 0 bridgehead atoms. The third-order valence-corrected chi connectivity index (χ3v) is 7.02. The van der Waals surface area contributed by atoms with E-state index >= 15 is 0 Å². The number of methoxy groups -OCH3 is 1. The molecule has 0 atom stereocenters. The summed E-state index contributed by atoms with van der Waals surface area (Å²) >= 11 is 0. The minimum Gasteiger partial charge on any atom is -0.495 e. The topological polar surface area (TPSA) is 116 Å². The van der Waals surface area contributed by atoms with Crippen LogP contribution in [-0.4, -0.2) is 43.8 Å². The predicted octanol–water partition coefficient (Wildman–Crippen LogP) is 3.53. The fourth-order valence-corrected chi connectivity index (χ4v) is 5.07. The number of benzene rings is 2. The molecule has 0 N–H and O–H groups in total. The molecule has 0 unspecified atom stereocenters. The van der Waals surface area contributed by atoms with Crippen LogP contribution < -0.4 is 4.74 Å². The molecular formula is C21H24N2O7S. The molecule has 10 heteroatoms. The minimum atomic E-state index is -3.83. The van der Waals surface area contributed by atoms with Crippen LogP contribution in [0.5, 0.6) is 5.75 Å². The maximum atomic E-state index is 13.2. The van der Waals surface area contributed by atoms with E-state index in [0.717, 1.165) is 25.7 Å². The van der Waals surface area contributed by atoms with Crippen molar-refractivity contribution in [1.29, 1.82) is 0 Å². The molecule has 1 aliphatic rings. The molecule has 1 heterocycles. The summed E-state index contributed by atoms with van der Waals surface area (Å²) in [4.78, 5) is 22.7. The molecule has 0 spiro atoms. The van der Waals surface area contributed by atoms with Crippen LogP contribution in [0.15, 0.2) is 47.4 Å². The third-order valence-electron chi connectivity index (χ3n) is 5.10. The normalized spacial score (nSPS) is 15.1. The quantitative estimate of drug-likeness (QED) is 0.361. The van der Waals surface area contributed by atoms with Crippen molar-refractivity contribution in [1.82, 2.24) is 4.31 Å². The molecule has 3 rings (SSSR count). The summed E-state index contributed by atoms with van der Waals surface area (Å²) in [5.41, 5.74) is 0.592. The number of hydrogen-bond acceptors (Lipinski definition) is 7. The van der Waals surface area contributed by atoms with E-state index in [9.17, 15) is 23.3 Å². The minimum absolute atomic E-state index is 0.0615. The third kappa shape index (κ3) is 5.39. The zero-order valence-electron chi connectivity index (χ0n) is 17.2. The van der Waals surface area contributed by atoms with Crippen molar-refractivity contribution < 1.29 is 27.6 Å². The fraction of sp³-hybridized carbons (Fsp3) is 0.381. The summed E-state index contributed by atoms with van der Waals surface area (Å²) in [7, 11) is -2.45. The number of ether oxygens (including phenoxy) is 2. The van der Waals surface area contributed by atoms with Gasteiger partial charge in [-0.25, -0.2) is 13.2 Å². The largest absolute Gasteiger partial charge is 0.495 e. The first-order chi connectivity index (χ1) is 14.8. The molecule has 0 aromatic heterocycles. The van der Waals surface area contributed by atoms with E-state index in [-0.39, 0.29) is 28.5 Å². The second kappa shape index (κ2) is 9.88. The number of carbonyl (C=O) groups excluding carboxylic acids is 1. The highest BCUT2D eigenvalue weighted by Crippen LogP contribution is 2.29. The van der Waals surface area contributed by atoms with Gasteiger partial charge in [0.05, 0.1) is 17.6 Å². The van der Waals surface area contributed by atoms with Gasteiger partial charge in [0.2, 0.25) is 10.0 Å². The maximum absolute atomic E-state index is 13.2. The Balaban J connectivity index is 1.78. The molecule has 166 valence electrons. The van der Waals surface area contributed by atoms with Gasteiger partial charge in [-0.2, -0.15) is 4.31 Å². The van der Waals surface area contributed by atoms with Crippen LogP contribution in [0.2, 0.25) is 0 Å². The van der Waals surface area contributed by atoms with E-state index in [1.807, 2.05) is 0 Å². The lowest BCUT2D eigenvalue weighted by atomic mass is 10.2. The Kier molecular flexibility index (Phi) is 7.24. The molecule has 1 fully saturated rings. The lowest BCUT2D eigenvalue weighted by molar-refractivity contribution is -0.384. The van der Waals surface area contributed by atoms with Crippen LogP contribution in [0.4, 0.5) is 5.69 Å². The first kappa shape index (κ1) is 22.7. The van der Waals surface area contributed by atoms with Crippen molar-refractivity contribution in [2.45, 2.75) is 37.2 Å². The fourth-order valence-electron chi connectivity index (χ4n) is 3.37. The van der Waals surface area contributed by atoms with Crippen molar-refractivity contribution >= 4 is 21.7 Å². The summed E-state index contributed by atoms with van der Waals surface area (Å²) in [5.74, 6) is -0.538. The standard InChI is InChI=1S/C21H24N2O7S/c1-29-19-11-8-17(14-20(19)31(27,28)22-12-4-2-3-5-13-22)21(24)30-15-16-6-9-18(10-7-16)23(25)26/h6-11,14H,2-5,12-13,15H2,1H3. The number of nitrogens with zero attached hydrogens (tertiary/aromatic N) is 2. The highest BCUT2D eigenvalue weighted by molar-refractivity contribution is 7.89. The van der Waals surface area contributed by atoms with E-state index in [1.165, 1.54) is 53.9 Å². The molecule has 2 aromatic rings. The number of nitro groups is 1. The molecule has 0 saturated carbocycles. The van der Waals surface area contributed by atoms with Crippen molar-refractivity contribution in [2.75, 3.05) is 20.2 Å². The Bertz CT molecular complexity index is 1040. The van der Waals surface area contributed by atoms with Crippen molar-refractivity contribution in [2.24, 2.45) is 0 Å². The molecule has 31 heavy (non-hydrogen) atoms. The highest BCUT2D eigenvalue weighted by Gasteiger charge is 2.29. The van der Waals surface area contributed by atoms with Gasteiger partial charge in [0, 0.05) is 25.2 Å². The molecule has 1 saturated heterocycles. The van der Waals surface area contributed by atoms with Gasteiger partial charge >= 0.3 is 5.97 Å². The first-order valence-corrected chi connectivity index (χ1v) is 11.4. The van der Waals surface area contributed by atoms with Crippen LogP contribution in [0, 0.1) is 10.1 Å². The van der Waals surface area contributed by atoms with Crippen LogP contribution in [0.25, 0.3) is 0 Å².